The van der Waals surface area contributed by atoms with Crippen LogP contribution in [0.4, 0.5) is 9.95 Å². The summed E-state index contributed by atoms with van der Waals surface area (Å²) in [7, 11) is 0. The number of rotatable bonds is 0. The minimum absolute atomic E-state index is 0. The van der Waals surface area contributed by atoms with Crippen LogP contribution in [0.3, 0.4) is 0 Å². The van der Waals surface area contributed by atoms with Gasteiger partial charge < -0.3 is 0 Å². The van der Waals surface area contributed by atoms with E-state index in [9.17, 15) is 9.95 Å². The molecule has 0 aliphatic heterocycles. The van der Waals surface area contributed by atoms with E-state index in [0.29, 0.717) is 0 Å². The SMILES string of the molecule is [Cu].[F][Ru]([F])[F]. The van der Waals surface area contributed by atoms with E-state index in [2.05, 4.69) is 0 Å². The molecule has 0 fully saturated rings. The van der Waals surface area contributed by atoms with Crippen LogP contribution in [0.1, 0.15) is 0 Å². The summed E-state index contributed by atoms with van der Waals surface area (Å²) in [6.45, 7) is 0. The molecular weight excluding hydrogens is 222 g/mol. The van der Waals surface area contributed by atoms with Gasteiger partial charge in [0, 0.05) is 17.1 Å². The zero-order chi connectivity index (χ0) is 3.58. The van der Waals surface area contributed by atoms with Crippen molar-refractivity contribution < 1.29 is 44.5 Å². The van der Waals surface area contributed by atoms with Gasteiger partial charge in [-0.05, 0) is 0 Å². The van der Waals surface area contributed by atoms with Gasteiger partial charge in [-0.15, -0.1) is 0 Å². The average molecular weight is 222 g/mol. The monoisotopic (exact) mass is 222 g/mol. The van der Waals surface area contributed by atoms with Crippen LogP contribution in [-0.2, 0) is 34.5 Å². The van der Waals surface area contributed by atoms with Gasteiger partial charge in [-0.1, -0.05) is 0 Å². The van der Waals surface area contributed by atoms with Crippen molar-refractivity contribution in [2.24, 2.45) is 0 Å². The standard InChI is InChI=1S/Cu.3FH.Ru/h;3*1H;/q;;;;+3/p-3. The molecule has 0 aliphatic carbocycles. The summed E-state index contributed by atoms with van der Waals surface area (Å²) in [6.07, 6.45) is 0. The van der Waals surface area contributed by atoms with Gasteiger partial charge in [0.2, 0.25) is 0 Å². The second-order valence-corrected chi connectivity index (χ2v) is 0.896. The summed E-state index contributed by atoms with van der Waals surface area (Å²) in [5.74, 6) is 0. The third-order valence-electron chi connectivity index (χ3n) is 0. The van der Waals surface area contributed by atoms with Gasteiger partial charge in [0.15, 0.2) is 0 Å². The number of halogens is 3. The Hall–Kier alpha value is 0.933. The minimum atomic E-state index is -4.67. The van der Waals surface area contributed by atoms with Crippen LogP contribution in [0.5, 0.6) is 0 Å². The van der Waals surface area contributed by atoms with Gasteiger partial charge in [0.25, 0.3) is 0 Å². The molecule has 5 heteroatoms. The molecule has 1 radical (unpaired) electrons. The van der Waals surface area contributed by atoms with Crippen molar-refractivity contribution >= 4 is 0 Å². The summed E-state index contributed by atoms with van der Waals surface area (Å²) < 4.78 is 29.4. The molecule has 0 aromatic carbocycles. The first-order chi connectivity index (χ1) is 1.73. The summed E-state index contributed by atoms with van der Waals surface area (Å²) in [5.41, 5.74) is 0. The molecule has 40 valence electrons. The molecule has 0 aromatic heterocycles. The van der Waals surface area contributed by atoms with E-state index in [-0.39, 0.29) is 17.1 Å². The topological polar surface area (TPSA) is 0 Å². The second kappa shape index (κ2) is 4.93. The molecule has 0 N–H and O–H groups in total. The van der Waals surface area contributed by atoms with E-state index in [1.807, 2.05) is 0 Å². The molecule has 0 aliphatic rings. The number of hydrogen-bond acceptors (Lipinski definition) is 0. The molecule has 0 aromatic rings. The van der Waals surface area contributed by atoms with E-state index in [4.69, 9.17) is 0 Å². The van der Waals surface area contributed by atoms with E-state index >= 15 is 0 Å². The first-order valence-corrected chi connectivity index (χ1v) is 2.37. The first-order valence-electron chi connectivity index (χ1n) is 0.401. The van der Waals surface area contributed by atoms with E-state index in [1.54, 1.807) is 0 Å². The maximum absolute atomic E-state index is 9.81. The summed E-state index contributed by atoms with van der Waals surface area (Å²) in [4.78, 5) is 0. The Morgan fingerprint density at radius 2 is 1.00 bits per heavy atom. The third-order valence-corrected chi connectivity index (χ3v) is 0. The van der Waals surface area contributed by atoms with Crippen molar-refractivity contribution in [3.8, 4) is 0 Å². The normalized spacial score (nSPS) is 9.00. The Morgan fingerprint density at radius 1 is 1.00 bits per heavy atom. The molecule has 5 heavy (non-hydrogen) atoms. The van der Waals surface area contributed by atoms with Gasteiger partial charge >= 0.3 is 27.4 Å². The molecule has 0 heterocycles. The van der Waals surface area contributed by atoms with Gasteiger partial charge in [0.1, 0.15) is 0 Å². The maximum atomic E-state index is 9.81. The van der Waals surface area contributed by atoms with E-state index in [1.165, 1.54) is 0 Å². The fourth-order valence-electron chi connectivity index (χ4n) is 0. The molecule has 0 rings (SSSR count). The van der Waals surface area contributed by atoms with Gasteiger partial charge in [-0.25, -0.2) is 0 Å². The molecule has 0 atom stereocenters. The molecule has 0 unspecified atom stereocenters. The van der Waals surface area contributed by atoms with Gasteiger partial charge in [-0.2, -0.15) is 0 Å². The average Bonchev–Trinajstić information content (AvgIpc) is 0.811. The van der Waals surface area contributed by atoms with Crippen molar-refractivity contribution in [2.75, 3.05) is 0 Å². The van der Waals surface area contributed by atoms with Gasteiger partial charge in [-0.3, -0.25) is 0 Å². The molecular formula is CuF3Ru. The second-order valence-electron chi connectivity index (χ2n) is 0.152. The van der Waals surface area contributed by atoms with Crippen molar-refractivity contribution in [2.45, 2.75) is 0 Å². The Kier molecular flexibility index (Phi) is 9.21. The molecule has 0 amide bonds. The van der Waals surface area contributed by atoms with Crippen LogP contribution in [0.25, 0.3) is 0 Å². The van der Waals surface area contributed by atoms with Crippen molar-refractivity contribution in [1.29, 1.82) is 0 Å². The van der Waals surface area contributed by atoms with Crippen molar-refractivity contribution in [3.63, 3.8) is 0 Å². The molecule has 0 spiro atoms. The van der Waals surface area contributed by atoms with Crippen LogP contribution >= 0.6 is 0 Å². The van der Waals surface area contributed by atoms with Crippen molar-refractivity contribution in [3.05, 3.63) is 0 Å². The predicted molar refractivity (Wildman–Crippen MR) is 3.32 cm³/mol. The van der Waals surface area contributed by atoms with Crippen LogP contribution in [0.2, 0.25) is 0 Å². The quantitative estimate of drug-likeness (QED) is 0.541. The summed E-state index contributed by atoms with van der Waals surface area (Å²) >= 11 is -4.67. The zero-order valence-corrected chi connectivity index (χ0v) is 4.47. The fraction of sp³-hybridized carbons (Fsp3) is 0. The summed E-state index contributed by atoms with van der Waals surface area (Å²) in [5, 5.41) is 0. The Bertz CT molecular complexity index is 11.6. The number of hydrogen-bond donors (Lipinski definition) is 0. The molecule has 0 saturated carbocycles. The Labute approximate surface area is 44.8 Å². The van der Waals surface area contributed by atoms with Crippen LogP contribution in [0, 0.1) is 0 Å². The predicted octanol–water partition coefficient (Wildman–Crippen LogP) is 1.26. The van der Waals surface area contributed by atoms with Crippen molar-refractivity contribution in [1.82, 2.24) is 0 Å². The van der Waals surface area contributed by atoms with E-state index < -0.39 is 17.4 Å². The Balaban J connectivity index is 0. The fourth-order valence-corrected chi connectivity index (χ4v) is 0. The molecule has 0 bridgehead atoms. The van der Waals surface area contributed by atoms with E-state index in [0.717, 1.165) is 0 Å². The van der Waals surface area contributed by atoms with Crippen LogP contribution in [-0.4, -0.2) is 0 Å². The first kappa shape index (κ1) is 9.33. The van der Waals surface area contributed by atoms with Crippen LogP contribution < -0.4 is 0 Å². The van der Waals surface area contributed by atoms with Gasteiger partial charge in [0.05, 0.1) is 0 Å². The molecule has 0 nitrogen and oxygen atoms in total. The third kappa shape index (κ3) is 48.8. The zero-order valence-electron chi connectivity index (χ0n) is 1.79. The summed E-state index contributed by atoms with van der Waals surface area (Å²) in [6, 6.07) is 0. The molecule has 0 saturated heterocycles. The van der Waals surface area contributed by atoms with Crippen LogP contribution in [0.15, 0.2) is 0 Å². The Morgan fingerprint density at radius 3 is 1.00 bits per heavy atom.